The summed E-state index contributed by atoms with van der Waals surface area (Å²) in [5, 5.41) is 0. The minimum absolute atomic E-state index is 0. The summed E-state index contributed by atoms with van der Waals surface area (Å²) in [5.41, 5.74) is 0. The number of hydrogen-bond donors (Lipinski definition) is 0. The Kier molecular flexibility index (Phi) is 59.3. The van der Waals surface area contributed by atoms with Crippen molar-refractivity contribution in [3.8, 4) is 0 Å². The van der Waals surface area contributed by atoms with Crippen LogP contribution in [0.3, 0.4) is 0 Å². The zero-order chi connectivity index (χ0) is 2.71. The van der Waals surface area contributed by atoms with Gasteiger partial charge in [-0.3, -0.25) is 0 Å². The fraction of sp³-hybridized carbons (Fsp3) is 0.667. The van der Waals surface area contributed by atoms with Gasteiger partial charge in [-0.05, 0) is 0 Å². The summed E-state index contributed by atoms with van der Waals surface area (Å²) in [5.74, 6) is 0. The van der Waals surface area contributed by atoms with Gasteiger partial charge in [0.15, 0.2) is 0 Å². The zero-order valence-electron chi connectivity index (χ0n) is 3.50. The summed E-state index contributed by atoms with van der Waals surface area (Å²) >= 11 is 0. The minimum Gasteiger partial charge on any atom is -1.00 e. The van der Waals surface area contributed by atoms with Gasteiger partial charge in [0, 0.05) is 0 Å². The van der Waals surface area contributed by atoms with Gasteiger partial charge in [-0.25, -0.2) is 0 Å². The molecule has 0 amide bonds. The standard InChI is InChI=1S/C3H7.HI.Zn/c1-3-2;;/h1,3H2,2H3;1H;/q-1;;+2/p-1. The van der Waals surface area contributed by atoms with Crippen molar-refractivity contribution in [2.75, 3.05) is 0 Å². The Morgan fingerprint density at radius 2 is 1.60 bits per heavy atom. The minimum atomic E-state index is 0. The molecule has 5 heavy (non-hydrogen) atoms. The first-order valence-corrected chi connectivity index (χ1v) is 1.21. The maximum Gasteiger partial charge on any atom is 2.00 e. The topological polar surface area (TPSA) is 0 Å². The predicted molar refractivity (Wildman–Crippen MR) is 15.6 cm³/mol. The van der Waals surface area contributed by atoms with Crippen LogP contribution in [-0.4, -0.2) is 0 Å². The van der Waals surface area contributed by atoms with Crippen LogP contribution in [0.15, 0.2) is 0 Å². The third kappa shape index (κ3) is 32.9. The van der Waals surface area contributed by atoms with Crippen LogP contribution >= 0.6 is 0 Å². The molecule has 0 fully saturated rings. The summed E-state index contributed by atoms with van der Waals surface area (Å²) in [7, 11) is 0. The SMILES string of the molecule is [CH2-]CC.[I-].[Zn+2]. The Morgan fingerprint density at radius 1 is 1.60 bits per heavy atom. The predicted octanol–water partition coefficient (Wildman–Crippen LogP) is -1.77. The van der Waals surface area contributed by atoms with Crippen molar-refractivity contribution in [1.82, 2.24) is 0 Å². The molecule has 0 atom stereocenters. The Balaban J connectivity index is -0.0000000200. The van der Waals surface area contributed by atoms with Crippen molar-refractivity contribution in [2.45, 2.75) is 13.3 Å². The molecular weight excluding hydrogens is 228 g/mol. The second kappa shape index (κ2) is 18.3. The van der Waals surface area contributed by atoms with Crippen LogP contribution in [0.4, 0.5) is 0 Å². The second-order valence-electron chi connectivity index (χ2n) is 0.500. The average molecular weight is 235 g/mol. The van der Waals surface area contributed by atoms with E-state index in [4.69, 9.17) is 0 Å². The summed E-state index contributed by atoms with van der Waals surface area (Å²) in [6.45, 7) is 5.50. The van der Waals surface area contributed by atoms with Crippen LogP contribution in [-0.2, 0) is 19.5 Å². The van der Waals surface area contributed by atoms with Gasteiger partial charge in [0.1, 0.15) is 0 Å². The molecule has 0 unspecified atom stereocenters. The van der Waals surface area contributed by atoms with Gasteiger partial charge in [-0.2, -0.15) is 6.42 Å². The average Bonchev–Trinajstić information content (AvgIpc) is 0.918. The monoisotopic (exact) mass is 234 g/mol. The largest absolute Gasteiger partial charge is 2.00 e. The van der Waals surface area contributed by atoms with Crippen LogP contribution in [0.25, 0.3) is 0 Å². The molecule has 0 radical (unpaired) electrons. The molecule has 0 saturated heterocycles. The van der Waals surface area contributed by atoms with Crippen molar-refractivity contribution in [2.24, 2.45) is 0 Å². The first-order chi connectivity index (χ1) is 1.41. The third-order valence-electron chi connectivity index (χ3n) is 0. The second-order valence-corrected chi connectivity index (χ2v) is 0.500. The molecule has 0 rings (SSSR count). The Bertz CT molecular complexity index is 6.85. The van der Waals surface area contributed by atoms with Gasteiger partial charge < -0.3 is 30.9 Å². The molecule has 0 aliphatic carbocycles. The van der Waals surface area contributed by atoms with E-state index in [9.17, 15) is 0 Å². The summed E-state index contributed by atoms with van der Waals surface area (Å²) < 4.78 is 0. The normalized spacial score (nSPS) is 3.60. The van der Waals surface area contributed by atoms with Crippen molar-refractivity contribution in [3.05, 3.63) is 6.92 Å². The van der Waals surface area contributed by atoms with Crippen molar-refractivity contribution >= 4 is 0 Å². The maximum atomic E-state index is 3.49. The van der Waals surface area contributed by atoms with Gasteiger partial charge in [0.25, 0.3) is 0 Å². The van der Waals surface area contributed by atoms with Crippen LogP contribution in [0.1, 0.15) is 13.3 Å². The van der Waals surface area contributed by atoms with Crippen LogP contribution < -0.4 is 24.0 Å². The van der Waals surface area contributed by atoms with Crippen molar-refractivity contribution in [3.63, 3.8) is 0 Å². The van der Waals surface area contributed by atoms with E-state index in [0.29, 0.717) is 0 Å². The van der Waals surface area contributed by atoms with E-state index in [-0.39, 0.29) is 43.5 Å². The van der Waals surface area contributed by atoms with E-state index in [0.717, 1.165) is 6.42 Å². The molecule has 0 aliphatic rings. The molecule has 0 nitrogen and oxygen atoms in total. The zero-order valence-corrected chi connectivity index (χ0v) is 8.62. The van der Waals surface area contributed by atoms with E-state index >= 15 is 0 Å². The molecule has 2 heteroatoms. The van der Waals surface area contributed by atoms with Gasteiger partial charge in [-0.1, -0.05) is 6.92 Å². The van der Waals surface area contributed by atoms with Gasteiger partial charge in [0.05, 0.1) is 0 Å². The summed E-state index contributed by atoms with van der Waals surface area (Å²) in [6.07, 6.45) is 1.00. The van der Waals surface area contributed by atoms with E-state index in [1.165, 1.54) is 0 Å². The molecule has 28 valence electrons. The quantitative estimate of drug-likeness (QED) is 0.265. The molecule has 0 aliphatic heterocycles. The maximum absolute atomic E-state index is 3.49. The molecule has 0 N–H and O–H groups in total. The molecule has 0 bridgehead atoms. The van der Waals surface area contributed by atoms with Crippen molar-refractivity contribution in [1.29, 1.82) is 0 Å². The molecule has 0 heterocycles. The number of halogens is 1. The molecule has 0 aromatic carbocycles. The van der Waals surface area contributed by atoms with E-state index in [1.54, 1.807) is 0 Å². The molecular formula is C3H7IZn. The first-order valence-electron chi connectivity index (χ1n) is 1.21. The smallest absolute Gasteiger partial charge is 1.00 e. The first kappa shape index (κ1) is 16.2. The molecule has 0 saturated carbocycles. The van der Waals surface area contributed by atoms with Gasteiger partial charge >= 0.3 is 19.5 Å². The number of rotatable bonds is 0. The summed E-state index contributed by atoms with van der Waals surface area (Å²) in [6, 6.07) is 0. The molecule has 0 spiro atoms. The van der Waals surface area contributed by atoms with Crippen LogP contribution in [0, 0.1) is 6.92 Å². The van der Waals surface area contributed by atoms with Gasteiger partial charge in [0.2, 0.25) is 0 Å². The van der Waals surface area contributed by atoms with Crippen LogP contribution in [0.5, 0.6) is 0 Å². The Hall–Kier alpha value is 1.35. The summed E-state index contributed by atoms with van der Waals surface area (Å²) in [4.78, 5) is 0. The Morgan fingerprint density at radius 3 is 1.60 bits per heavy atom. The molecule has 0 aromatic rings. The molecule has 0 aromatic heterocycles. The van der Waals surface area contributed by atoms with Crippen LogP contribution in [0.2, 0.25) is 0 Å². The van der Waals surface area contributed by atoms with E-state index < -0.39 is 0 Å². The fourth-order valence-corrected chi connectivity index (χ4v) is 0. The van der Waals surface area contributed by atoms with E-state index in [1.807, 2.05) is 6.92 Å². The third-order valence-corrected chi connectivity index (χ3v) is 0. The van der Waals surface area contributed by atoms with Gasteiger partial charge in [-0.15, -0.1) is 0 Å². The van der Waals surface area contributed by atoms with Crippen molar-refractivity contribution < 1.29 is 43.5 Å². The number of hydrogen-bond acceptors (Lipinski definition) is 0. The fourth-order valence-electron chi connectivity index (χ4n) is 0. The Labute approximate surface area is 63.5 Å². The van der Waals surface area contributed by atoms with E-state index in [2.05, 4.69) is 6.92 Å².